The highest BCUT2D eigenvalue weighted by atomic mass is 16.2. The van der Waals surface area contributed by atoms with Crippen molar-refractivity contribution in [3.8, 4) is 0 Å². The SMILES string of the molecule is Cc1ccc(C)c(C(=O)CCC(=O)NCC(=O)NCc2ccccc2)c1. The topological polar surface area (TPSA) is 75.3 Å². The summed E-state index contributed by atoms with van der Waals surface area (Å²) in [5, 5.41) is 5.29. The maximum absolute atomic E-state index is 12.3. The molecule has 5 heteroatoms. The summed E-state index contributed by atoms with van der Waals surface area (Å²) >= 11 is 0. The Balaban J connectivity index is 1.70. The van der Waals surface area contributed by atoms with Gasteiger partial charge in [0.05, 0.1) is 6.54 Å². The Labute approximate surface area is 153 Å². The Morgan fingerprint density at radius 2 is 1.58 bits per heavy atom. The molecule has 0 unspecified atom stereocenters. The van der Waals surface area contributed by atoms with Crippen LogP contribution in [0.4, 0.5) is 0 Å². The van der Waals surface area contributed by atoms with Gasteiger partial charge in [-0.1, -0.05) is 48.0 Å². The van der Waals surface area contributed by atoms with Crippen LogP contribution >= 0.6 is 0 Å². The van der Waals surface area contributed by atoms with E-state index >= 15 is 0 Å². The molecular formula is C21H24N2O3. The molecule has 2 rings (SSSR count). The quantitative estimate of drug-likeness (QED) is 0.717. The Kier molecular flexibility index (Phi) is 7.09. The van der Waals surface area contributed by atoms with E-state index in [-0.39, 0.29) is 37.0 Å². The second-order valence-corrected chi connectivity index (χ2v) is 6.28. The lowest BCUT2D eigenvalue weighted by Crippen LogP contribution is -2.36. The minimum absolute atomic E-state index is 0.0603. The van der Waals surface area contributed by atoms with E-state index in [0.717, 1.165) is 16.7 Å². The largest absolute Gasteiger partial charge is 0.350 e. The third-order valence-electron chi connectivity index (χ3n) is 4.05. The first-order chi connectivity index (χ1) is 12.5. The second-order valence-electron chi connectivity index (χ2n) is 6.28. The molecule has 2 N–H and O–H groups in total. The maximum Gasteiger partial charge on any atom is 0.239 e. The lowest BCUT2D eigenvalue weighted by molar-refractivity contribution is -0.126. The average Bonchev–Trinajstić information content (AvgIpc) is 2.65. The lowest BCUT2D eigenvalue weighted by atomic mass is 9.99. The average molecular weight is 352 g/mol. The summed E-state index contributed by atoms with van der Waals surface area (Å²) in [7, 11) is 0. The van der Waals surface area contributed by atoms with Crippen LogP contribution in [0.5, 0.6) is 0 Å². The van der Waals surface area contributed by atoms with E-state index in [9.17, 15) is 14.4 Å². The summed E-state index contributed by atoms with van der Waals surface area (Å²) in [5.74, 6) is -0.628. The molecule has 0 aliphatic carbocycles. The summed E-state index contributed by atoms with van der Waals surface area (Å²) in [6, 6.07) is 15.2. The molecule has 0 fully saturated rings. The molecule has 136 valence electrons. The number of ketones is 1. The highest BCUT2D eigenvalue weighted by molar-refractivity contribution is 5.99. The minimum atomic E-state index is -0.307. The van der Waals surface area contributed by atoms with Gasteiger partial charge in [0.2, 0.25) is 11.8 Å². The maximum atomic E-state index is 12.3. The zero-order valence-corrected chi connectivity index (χ0v) is 15.2. The Bertz CT molecular complexity index is 785. The molecule has 2 aromatic carbocycles. The predicted octanol–water partition coefficient (Wildman–Crippen LogP) is 2.70. The summed E-state index contributed by atoms with van der Waals surface area (Å²) < 4.78 is 0. The van der Waals surface area contributed by atoms with Crippen LogP contribution in [0.15, 0.2) is 48.5 Å². The van der Waals surface area contributed by atoms with Crippen molar-refractivity contribution in [3.05, 3.63) is 70.8 Å². The molecule has 0 aromatic heterocycles. The fourth-order valence-electron chi connectivity index (χ4n) is 2.52. The molecule has 0 heterocycles. The number of aryl methyl sites for hydroxylation is 2. The first kappa shape index (κ1) is 19.4. The van der Waals surface area contributed by atoms with E-state index in [4.69, 9.17) is 0 Å². The monoisotopic (exact) mass is 352 g/mol. The minimum Gasteiger partial charge on any atom is -0.350 e. The second kappa shape index (κ2) is 9.51. The molecular weight excluding hydrogens is 328 g/mol. The third-order valence-corrected chi connectivity index (χ3v) is 4.05. The molecule has 0 aliphatic heterocycles. The van der Waals surface area contributed by atoms with Gasteiger partial charge < -0.3 is 10.6 Å². The van der Waals surface area contributed by atoms with Gasteiger partial charge in [-0.15, -0.1) is 0 Å². The molecule has 2 amide bonds. The molecule has 0 radical (unpaired) electrons. The number of carbonyl (C=O) groups excluding carboxylic acids is 3. The number of hydrogen-bond donors (Lipinski definition) is 2. The van der Waals surface area contributed by atoms with Crippen LogP contribution in [0.2, 0.25) is 0 Å². The van der Waals surface area contributed by atoms with Crippen molar-refractivity contribution in [3.63, 3.8) is 0 Å². The first-order valence-corrected chi connectivity index (χ1v) is 8.63. The summed E-state index contributed by atoms with van der Waals surface area (Å²) in [4.78, 5) is 35.9. The molecule has 0 spiro atoms. The Morgan fingerprint density at radius 1 is 0.846 bits per heavy atom. The van der Waals surface area contributed by atoms with Gasteiger partial charge in [0, 0.05) is 24.9 Å². The molecule has 0 atom stereocenters. The zero-order chi connectivity index (χ0) is 18.9. The van der Waals surface area contributed by atoms with Gasteiger partial charge >= 0.3 is 0 Å². The zero-order valence-electron chi connectivity index (χ0n) is 15.2. The van der Waals surface area contributed by atoms with Crippen molar-refractivity contribution in [2.24, 2.45) is 0 Å². The smallest absolute Gasteiger partial charge is 0.239 e. The van der Waals surface area contributed by atoms with Gasteiger partial charge in [-0.3, -0.25) is 14.4 Å². The van der Waals surface area contributed by atoms with E-state index in [1.165, 1.54) is 0 Å². The standard InChI is InChI=1S/C21H24N2O3/c1-15-8-9-16(2)18(12-15)19(24)10-11-20(25)23-14-21(26)22-13-17-6-4-3-5-7-17/h3-9,12H,10-11,13-14H2,1-2H3,(H,22,26)(H,23,25). The van der Waals surface area contributed by atoms with Gasteiger partial charge in [0.15, 0.2) is 5.78 Å². The Hall–Kier alpha value is -2.95. The molecule has 0 bridgehead atoms. The van der Waals surface area contributed by atoms with E-state index < -0.39 is 0 Å². The highest BCUT2D eigenvalue weighted by Gasteiger charge is 2.12. The van der Waals surface area contributed by atoms with E-state index in [1.54, 1.807) is 0 Å². The number of rotatable bonds is 8. The number of Topliss-reactive ketones (excluding diaryl/α,β-unsaturated/α-hetero) is 1. The van der Waals surface area contributed by atoms with Gasteiger partial charge in [0.25, 0.3) is 0 Å². The molecule has 0 saturated carbocycles. The number of hydrogen-bond acceptors (Lipinski definition) is 3. The van der Waals surface area contributed by atoms with E-state index in [2.05, 4.69) is 10.6 Å². The number of nitrogens with one attached hydrogen (secondary N) is 2. The van der Waals surface area contributed by atoms with Gasteiger partial charge in [-0.05, 0) is 31.0 Å². The fraction of sp³-hybridized carbons (Fsp3) is 0.286. The lowest BCUT2D eigenvalue weighted by Gasteiger charge is -2.08. The highest BCUT2D eigenvalue weighted by Crippen LogP contribution is 2.13. The van der Waals surface area contributed by atoms with Crippen LogP contribution < -0.4 is 10.6 Å². The van der Waals surface area contributed by atoms with E-state index in [0.29, 0.717) is 12.1 Å². The summed E-state index contributed by atoms with van der Waals surface area (Å²) in [6.07, 6.45) is 0.194. The normalized spacial score (nSPS) is 10.2. The van der Waals surface area contributed by atoms with Crippen molar-refractivity contribution in [1.82, 2.24) is 10.6 Å². The summed E-state index contributed by atoms with van der Waals surface area (Å²) in [5.41, 5.74) is 3.56. The van der Waals surface area contributed by atoms with Gasteiger partial charge in [0.1, 0.15) is 0 Å². The van der Waals surface area contributed by atoms with Crippen molar-refractivity contribution in [2.75, 3.05) is 6.54 Å². The van der Waals surface area contributed by atoms with Crippen LogP contribution in [0, 0.1) is 13.8 Å². The van der Waals surface area contributed by atoms with Gasteiger partial charge in [-0.25, -0.2) is 0 Å². The molecule has 0 aliphatic rings. The van der Waals surface area contributed by atoms with Crippen molar-refractivity contribution in [1.29, 1.82) is 0 Å². The van der Waals surface area contributed by atoms with Crippen LogP contribution in [-0.4, -0.2) is 24.1 Å². The molecule has 0 saturated heterocycles. The predicted molar refractivity (Wildman–Crippen MR) is 101 cm³/mol. The molecule has 26 heavy (non-hydrogen) atoms. The third kappa shape index (κ3) is 6.16. The van der Waals surface area contributed by atoms with E-state index in [1.807, 2.05) is 62.4 Å². The van der Waals surface area contributed by atoms with Crippen molar-refractivity contribution >= 4 is 17.6 Å². The van der Waals surface area contributed by atoms with Crippen LogP contribution in [0.25, 0.3) is 0 Å². The molecule has 2 aromatic rings. The Morgan fingerprint density at radius 3 is 2.31 bits per heavy atom. The van der Waals surface area contributed by atoms with Crippen molar-refractivity contribution < 1.29 is 14.4 Å². The number of amides is 2. The van der Waals surface area contributed by atoms with Crippen LogP contribution in [-0.2, 0) is 16.1 Å². The summed E-state index contributed by atoms with van der Waals surface area (Å²) in [6.45, 7) is 4.13. The first-order valence-electron chi connectivity index (χ1n) is 8.63. The number of carbonyl (C=O) groups is 3. The van der Waals surface area contributed by atoms with Crippen LogP contribution in [0.3, 0.4) is 0 Å². The molecule has 5 nitrogen and oxygen atoms in total. The fourth-order valence-corrected chi connectivity index (χ4v) is 2.52. The van der Waals surface area contributed by atoms with Crippen LogP contribution in [0.1, 0.15) is 39.9 Å². The van der Waals surface area contributed by atoms with Crippen molar-refractivity contribution in [2.45, 2.75) is 33.2 Å². The van der Waals surface area contributed by atoms with Gasteiger partial charge in [-0.2, -0.15) is 0 Å². The number of benzene rings is 2.